The van der Waals surface area contributed by atoms with E-state index in [2.05, 4.69) is 20.2 Å². The van der Waals surface area contributed by atoms with E-state index in [4.69, 9.17) is 4.42 Å². The molecule has 0 saturated heterocycles. The zero-order valence-electron chi connectivity index (χ0n) is 12.5. The smallest absolute Gasteiger partial charge is 0.247 e. The lowest BCUT2D eigenvalue weighted by atomic mass is 10.2. The molecule has 24 heavy (non-hydrogen) atoms. The minimum atomic E-state index is -0.300. The van der Waals surface area contributed by atoms with Crippen LogP contribution < -0.4 is 0 Å². The summed E-state index contributed by atoms with van der Waals surface area (Å²) >= 11 is 3.12. The summed E-state index contributed by atoms with van der Waals surface area (Å²) in [4.78, 5) is 9.55. The molecule has 1 aromatic carbocycles. The van der Waals surface area contributed by atoms with Gasteiger partial charge in [0.15, 0.2) is 0 Å². The summed E-state index contributed by atoms with van der Waals surface area (Å²) in [6.45, 7) is 1.98. The number of rotatable bonds is 4. The molecule has 0 radical (unpaired) electrons. The Labute approximate surface area is 145 Å². The van der Waals surface area contributed by atoms with E-state index in [1.807, 2.05) is 18.4 Å². The maximum Gasteiger partial charge on any atom is 0.247 e. The lowest BCUT2D eigenvalue weighted by Crippen LogP contribution is -1.91. The average Bonchev–Trinajstić information content (AvgIpc) is 3.25. The molecule has 0 spiro atoms. The zero-order valence-corrected chi connectivity index (χ0v) is 14.1. The van der Waals surface area contributed by atoms with E-state index in [1.54, 1.807) is 41.6 Å². The normalized spacial score (nSPS) is 12.6. The summed E-state index contributed by atoms with van der Waals surface area (Å²) in [7, 11) is 0. The van der Waals surface area contributed by atoms with Crippen molar-refractivity contribution in [2.24, 2.45) is 0 Å². The molecule has 0 aliphatic rings. The zero-order chi connectivity index (χ0) is 16.5. The number of aromatic nitrogens is 4. The largest absolute Gasteiger partial charge is 0.419 e. The second kappa shape index (κ2) is 6.29. The number of thioether (sulfide) groups is 1. The van der Waals surface area contributed by atoms with Crippen molar-refractivity contribution < 1.29 is 8.81 Å². The maximum atomic E-state index is 13.0. The van der Waals surface area contributed by atoms with E-state index in [0.717, 1.165) is 15.2 Å². The molecule has 0 unspecified atom stereocenters. The van der Waals surface area contributed by atoms with Gasteiger partial charge in [-0.25, -0.2) is 14.4 Å². The number of hydrogen-bond donors (Lipinski definition) is 0. The first-order chi connectivity index (χ1) is 11.7. The molecule has 0 amide bonds. The summed E-state index contributed by atoms with van der Waals surface area (Å²) in [5.74, 6) is 0.577. The van der Waals surface area contributed by atoms with Gasteiger partial charge in [-0.3, -0.25) is 0 Å². The maximum absolute atomic E-state index is 13.0. The predicted molar refractivity (Wildman–Crippen MR) is 91.4 cm³/mol. The monoisotopic (exact) mass is 358 g/mol. The van der Waals surface area contributed by atoms with Gasteiger partial charge in [-0.05, 0) is 42.6 Å². The Kier molecular flexibility index (Phi) is 3.99. The fourth-order valence-corrected chi connectivity index (χ4v) is 3.92. The second-order valence-electron chi connectivity index (χ2n) is 5.03. The van der Waals surface area contributed by atoms with Gasteiger partial charge in [-0.15, -0.1) is 21.5 Å². The summed E-state index contributed by atoms with van der Waals surface area (Å²) in [5, 5.41) is 12.0. The average molecular weight is 358 g/mol. The van der Waals surface area contributed by atoms with Crippen LogP contribution in [0, 0.1) is 5.82 Å². The minimum absolute atomic E-state index is 0.0651. The van der Waals surface area contributed by atoms with E-state index >= 15 is 0 Å². The molecule has 0 aliphatic heterocycles. The quantitative estimate of drug-likeness (QED) is 0.388. The molecule has 0 saturated carbocycles. The van der Waals surface area contributed by atoms with Crippen molar-refractivity contribution in [3.05, 3.63) is 53.7 Å². The standard InChI is InChI=1S/C16H11FN4OS2/c1-9(24-16-12-6-7-23-15(12)18-8-19-16)13-20-21-14(22-13)10-2-4-11(17)5-3-10/h2-9H,1H3/t9-/m1/s1. The number of halogens is 1. The van der Waals surface area contributed by atoms with Crippen molar-refractivity contribution in [2.75, 3.05) is 0 Å². The van der Waals surface area contributed by atoms with Gasteiger partial charge in [0.1, 0.15) is 22.0 Å². The lowest BCUT2D eigenvalue weighted by molar-refractivity contribution is 0.509. The van der Waals surface area contributed by atoms with Gasteiger partial charge in [0.05, 0.1) is 5.25 Å². The van der Waals surface area contributed by atoms with Crippen LogP contribution in [0.25, 0.3) is 21.7 Å². The van der Waals surface area contributed by atoms with Crippen molar-refractivity contribution in [3.63, 3.8) is 0 Å². The van der Waals surface area contributed by atoms with Crippen LogP contribution in [0.4, 0.5) is 4.39 Å². The summed E-state index contributed by atoms with van der Waals surface area (Å²) in [6.07, 6.45) is 1.56. The summed E-state index contributed by atoms with van der Waals surface area (Å²) in [5.41, 5.74) is 0.689. The fraction of sp³-hybridized carbons (Fsp3) is 0.125. The fourth-order valence-electron chi connectivity index (χ4n) is 2.19. The minimum Gasteiger partial charge on any atom is -0.419 e. The Morgan fingerprint density at radius 3 is 2.79 bits per heavy atom. The molecular formula is C16H11FN4OS2. The number of thiophene rings is 1. The van der Waals surface area contributed by atoms with Crippen LogP contribution in [0.2, 0.25) is 0 Å². The highest BCUT2D eigenvalue weighted by atomic mass is 32.2. The van der Waals surface area contributed by atoms with E-state index in [9.17, 15) is 4.39 Å². The third kappa shape index (κ3) is 2.90. The molecule has 0 bridgehead atoms. The SMILES string of the molecule is C[C@@H](Sc1ncnc2sccc12)c1nnc(-c2ccc(F)cc2)o1. The molecule has 0 fully saturated rings. The number of nitrogens with zero attached hydrogens (tertiary/aromatic N) is 4. The van der Waals surface area contributed by atoms with Crippen LogP contribution in [0.1, 0.15) is 18.1 Å². The molecule has 5 nitrogen and oxygen atoms in total. The number of hydrogen-bond acceptors (Lipinski definition) is 7. The molecule has 8 heteroatoms. The highest BCUT2D eigenvalue weighted by Crippen LogP contribution is 2.37. The predicted octanol–water partition coefficient (Wildman–Crippen LogP) is 4.73. The van der Waals surface area contributed by atoms with Gasteiger partial charge < -0.3 is 4.42 Å². The van der Waals surface area contributed by atoms with Crippen LogP contribution in [-0.4, -0.2) is 20.2 Å². The van der Waals surface area contributed by atoms with Gasteiger partial charge >= 0.3 is 0 Å². The lowest BCUT2D eigenvalue weighted by Gasteiger charge is -2.06. The molecule has 120 valence electrons. The van der Waals surface area contributed by atoms with Gasteiger partial charge in [-0.1, -0.05) is 11.8 Å². The summed E-state index contributed by atoms with van der Waals surface area (Å²) in [6, 6.07) is 7.97. The molecule has 3 aromatic heterocycles. The van der Waals surface area contributed by atoms with Crippen molar-refractivity contribution in [3.8, 4) is 11.5 Å². The first-order valence-corrected chi connectivity index (χ1v) is 8.91. The van der Waals surface area contributed by atoms with Crippen LogP contribution >= 0.6 is 23.1 Å². The van der Waals surface area contributed by atoms with Crippen LogP contribution in [-0.2, 0) is 0 Å². The van der Waals surface area contributed by atoms with Gasteiger partial charge in [0.2, 0.25) is 11.8 Å². The van der Waals surface area contributed by atoms with Crippen LogP contribution in [0.3, 0.4) is 0 Å². The number of fused-ring (bicyclic) bond motifs is 1. The summed E-state index contributed by atoms with van der Waals surface area (Å²) < 4.78 is 18.7. The van der Waals surface area contributed by atoms with Crippen molar-refractivity contribution >= 4 is 33.3 Å². The molecule has 1 atom stereocenters. The topological polar surface area (TPSA) is 64.7 Å². The Morgan fingerprint density at radius 1 is 1.12 bits per heavy atom. The molecule has 3 heterocycles. The number of benzene rings is 1. The third-order valence-electron chi connectivity index (χ3n) is 3.39. The van der Waals surface area contributed by atoms with Crippen molar-refractivity contribution in [1.82, 2.24) is 20.2 Å². The molecule has 0 aliphatic carbocycles. The Morgan fingerprint density at radius 2 is 1.96 bits per heavy atom. The second-order valence-corrected chi connectivity index (χ2v) is 7.25. The third-order valence-corrected chi connectivity index (χ3v) is 5.32. The van der Waals surface area contributed by atoms with E-state index in [-0.39, 0.29) is 11.1 Å². The van der Waals surface area contributed by atoms with Crippen LogP contribution in [0.5, 0.6) is 0 Å². The molecule has 4 aromatic rings. The van der Waals surface area contributed by atoms with Crippen LogP contribution in [0.15, 0.2) is 51.5 Å². The Balaban J connectivity index is 1.58. The first kappa shape index (κ1) is 15.2. The Hall–Kier alpha value is -2.32. The first-order valence-electron chi connectivity index (χ1n) is 7.15. The molecular weight excluding hydrogens is 347 g/mol. The van der Waals surface area contributed by atoms with E-state index < -0.39 is 0 Å². The van der Waals surface area contributed by atoms with Crippen molar-refractivity contribution in [1.29, 1.82) is 0 Å². The van der Waals surface area contributed by atoms with Gasteiger partial charge in [0.25, 0.3) is 0 Å². The van der Waals surface area contributed by atoms with Gasteiger partial charge in [-0.2, -0.15) is 0 Å². The Bertz CT molecular complexity index is 983. The van der Waals surface area contributed by atoms with Crippen molar-refractivity contribution in [2.45, 2.75) is 17.2 Å². The van der Waals surface area contributed by atoms with E-state index in [1.165, 1.54) is 12.1 Å². The molecule has 0 N–H and O–H groups in total. The highest BCUT2D eigenvalue weighted by Gasteiger charge is 2.18. The van der Waals surface area contributed by atoms with E-state index in [0.29, 0.717) is 17.3 Å². The highest BCUT2D eigenvalue weighted by molar-refractivity contribution is 7.99. The van der Waals surface area contributed by atoms with Gasteiger partial charge in [0, 0.05) is 10.9 Å². The molecule has 4 rings (SSSR count).